The molecule has 0 heterocycles. The van der Waals surface area contributed by atoms with Crippen molar-refractivity contribution in [2.45, 2.75) is 44.3 Å². The number of hydrogen-bond donors (Lipinski definition) is 1. The van der Waals surface area contributed by atoms with Crippen molar-refractivity contribution >= 4 is 15.9 Å². The van der Waals surface area contributed by atoms with Crippen LogP contribution in [0.4, 0.5) is 0 Å². The first-order valence-corrected chi connectivity index (χ1v) is 7.14. The molecule has 0 aliphatic heterocycles. The predicted molar refractivity (Wildman–Crippen MR) is 56.6 cm³/mol. The van der Waals surface area contributed by atoms with Gasteiger partial charge in [-0.25, -0.2) is 8.42 Å². The summed E-state index contributed by atoms with van der Waals surface area (Å²) in [6, 6.07) is 0. The van der Waals surface area contributed by atoms with Crippen molar-refractivity contribution in [3.63, 3.8) is 0 Å². The maximum absolute atomic E-state index is 11.5. The van der Waals surface area contributed by atoms with Gasteiger partial charge < -0.3 is 0 Å². The monoisotopic (exact) mass is 231 g/mol. The molecule has 0 unspecified atom stereocenters. The fourth-order valence-electron chi connectivity index (χ4n) is 1.94. The van der Waals surface area contributed by atoms with Crippen LogP contribution in [0.2, 0.25) is 0 Å². The van der Waals surface area contributed by atoms with E-state index in [1.807, 2.05) is 0 Å². The summed E-state index contributed by atoms with van der Waals surface area (Å²) in [4.78, 5) is 11.5. The number of carbonyl (C=O) groups is 1. The topological polar surface area (TPSA) is 63.2 Å². The lowest BCUT2D eigenvalue weighted by molar-refractivity contribution is -0.120. The Morgan fingerprint density at radius 3 is 2.60 bits per heavy atom. The smallest absolute Gasteiger partial charge is 0.237 e. The lowest BCUT2D eigenvalue weighted by atomic mass is 10.2. The van der Waals surface area contributed by atoms with Crippen molar-refractivity contribution in [1.29, 1.82) is 0 Å². The summed E-state index contributed by atoms with van der Waals surface area (Å²) in [5, 5.41) is -0.301. The van der Waals surface area contributed by atoms with E-state index in [9.17, 15) is 13.2 Å². The summed E-state index contributed by atoms with van der Waals surface area (Å²) in [5.41, 5.74) is 0. The molecule has 0 aromatic heterocycles. The van der Waals surface area contributed by atoms with E-state index in [0.717, 1.165) is 19.3 Å². The fraction of sp³-hybridized carbons (Fsp3) is 0.900. The molecule has 2 rings (SSSR count). The number of carbonyl (C=O) groups excluding carboxylic acids is 1. The van der Waals surface area contributed by atoms with E-state index in [1.54, 1.807) is 0 Å². The Labute approximate surface area is 90.5 Å². The molecule has 0 spiro atoms. The maximum atomic E-state index is 11.5. The molecule has 2 atom stereocenters. The fourth-order valence-corrected chi connectivity index (χ4v) is 3.29. The van der Waals surface area contributed by atoms with Gasteiger partial charge in [-0.05, 0) is 31.6 Å². The van der Waals surface area contributed by atoms with Gasteiger partial charge in [-0.3, -0.25) is 9.52 Å². The first-order chi connectivity index (χ1) is 7.04. The van der Waals surface area contributed by atoms with Gasteiger partial charge in [0.1, 0.15) is 0 Å². The Morgan fingerprint density at radius 2 is 2.07 bits per heavy atom. The standard InChI is InChI=1S/C10H17NO3S/c1-2-3-7-6-9(7)10(12)11-15(13,14)8-4-5-8/h7-9H,2-6H2,1H3,(H,11,12)/t7-,9+/m1/s1. The highest BCUT2D eigenvalue weighted by molar-refractivity contribution is 7.90. The molecule has 0 saturated heterocycles. The van der Waals surface area contributed by atoms with Gasteiger partial charge in [0.2, 0.25) is 15.9 Å². The summed E-state index contributed by atoms with van der Waals surface area (Å²) in [6.07, 6.45) is 4.35. The van der Waals surface area contributed by atoms with E-state index in [0.29, 0.717) is 18.8 Å². The lowest BCUT2D eigenvalue weighted by Gasteiger charge is -2.04. The predicted octanol–water partition coefficient (Wildman–Crippen LogP) is 1.03. The maximum Gasteiger partial charge on any atom is 0.237 e. The zero-order valence-electron chi connectivity index (χ0n) is 8.90. The molecular formula is C10H17NO3S. The zero-order chi connectivity index (χ0) is 11.1. The SMILES string of the molecule is CCC[C@@H]1C[C@@H]1C(=O)NS(=O)(=O)C1CC1. The van der Waals surface area contributed by atoms with E-state index in [1.165, 1.54) is 0 Å². The third-order valence-electron chi connectivity index (χ3n) is 3.12. The number of hydrogen-bond acceptors (Lipinski definition) is 3. The van der Waals surface area contributed by atoms with Crippen LogP contribution in [0.15, 0.2) is 0 Å². The molecular weight excluding hydrogens is 214 g/mol. The second kappa shape index (κ2) is 3.77. The Bertz CT molecular complexity index is 359. The minimum atomic E-state index is -3.33. The molecule has 0 radical (unpaired) electrons. The number of nitrogens with one attached hydrogen (secondary N) is 1. The number of amides is 1. The van der Waals surface area contributed by atoms with Gasteiger partial charge in [-0.1, -0.05) is 13.3 Å². The zero-order valence-corrected chi connectivity index (χ0v) is 9.72. The Kier molecular flexibility index (Phi) is 2.75. The first-order valence-electron chi connectivity index (χ1n) is 5.60. The second-order valence-corrected chi connectivity index (χ2v) is 6.56. The van der Waals surface area contributed by atoms with Crippen LogP contribution in [0.3, 0.4) is 0 Å². The first kappa shape index (κ1) is 10.9. The molecule has 15 heavy (non-hydrogen) atoms. The van der Waals surface area contributed by atoms with E-state index in [2.05, 4.69) is 11.6 Å². The Morgan fingerprint density at radius 1 is 1.40 bits per heavy atom. The second-order valence-electron chi connectivity index (χ2n) is 4.60. The van der Waals surface area contributed by atoms with Gasteiger partial charge >= 0.3 is 0 Å². The molecule has 0 aromatic carbocycles. The highest BCUT2D eigenvalue weighted by Crippen LogP contribution is 2.42. The number of sulfonamides is 1. The van der Waals surface area contributed by atoms with Crippen molar-refractivity contribution in [2.24, 2.45) is 11.8 Å². The van der Waals surface area contributed by atoms with Crippen molar-refractivity contribution in [1.82, 2.24) is 4.72 Å². The van der Waals surface area contributed by atoms with Crippen LogP contribution in [0, 0.1) is 11.8 Å². The van der Waals surface area contributed by atoms with Crippen molar-refractivity contribution in [3.8, 4) is 0 Å². The van der Waals surface area contributed by atoms with E-state index >= 15 is 0 Å². The summed E-state index contributed by atoms with van der Waals surface area (Å²) >= 11 is 0. The molecule has 2 aliphatic rings. The third kappa shape index (κ3) is 2.51. The van der Waals surface area contributed by atoms with Gasteiger partial charge in [-0.15, -0.1) is 0 Å². The molecule has 0 bridgehead atoms. The van der Waals surface area contributed by atoms with Crippen LogP contribution < -0.4 is 4.72 Å². The summed E-state index contributed by atoms with van der Waals surface area (Å²) < 4.78 is 25.1. The van der Waals surface area contributed by atoms with Gasteiger partial charge in [0, 0.05) is 5.92 Å². The molecule has 86 valence electrons. The lowest BCUT2D eigenvalue weighted by Crippen LogP contribution is -2.34. The van der Waals surface area contributed by atoms with E-state index in [-0.39, 0.29) is 17.1 Å². The molecule has 1 amide bonds. The van der Waals surface area contributed by atoms with Crippen LogP contribution in [0.5, 0.6) is 0 Å². The summed E-state index contributed by atoms with van der Waals surface area (Å²) in [6.45, 7) is 2.08. The highest BCUT2D eigenvalue weighted by Gasteiger charge is 2.45. The van der Waals surface area contributed by atoms with Crippen molar-refractivity contribution in [3.05, 3.63) is 0 Å². The average molecular weight is 231 g/mol. The van der Waals surface area contributed by atoms with Gasteiger partial charge in [-0.2, -0.15) is 0 Å². The molecule has 2 saturated carbocycles. The van der Waals surface area contributed by atoms with E-state index in [4.69, 9.17) is 0 Å². The van der Waals surface area contributed by atoms with Crippen molar-refractivity contribution < 1.29 is 13.2 Å². The highest BCUT2D eigenvalue weighted by atomic mass is 32.2. The minimum Gasteiger partial charge on any atom is -0.274 e. The molecule has 1 N–H and O–H groups in total. The average Bonchev–Trinajstić information content (AvgIpc) is 2.99. The van der Waals surface area contributed by atoms with Crippen LogP contribution in [-0.2, 0) is 14.8 Å². The van der Waals surface area contributed by atoms with Crippen molar-refractivity contribution in [2.75, 3.05) is 0 Å². The Balaban J connectivity index is 1.83. The molecule has 0 aromatic rings. The molecule has 5 heteroatoms. The van der Waals surface area contributed by atoms with Gasteiger partial charge in [0.05, 0.1) is 5.25 Å². The quantitative estimate of drug-likeness (QED) is 0.768. The van der Waals surface area contributed by atoms with Crippen LogP contribution in [0.25, 0.3) is 0 Å². The van der Waals surface area contributed by atoms with Gasteiger partial charge in [0.25, 0.3) is 0 Å². The Hall–Kier alpha value is -0.580. The van der Waals surface area contributed by atoms with E-state index < -0.39 is 10.0 Å². The van der Waals surface area contributed by atoms with Crippen LogP contribution in [-0.4, -0.2) is 19.6 Å². The largest absolute Gasteiger partial charge is 0.274 e. The molecule has 2 aliphatic carbocycles. The minimum absolute atomic E-state index is 0.0431. The summed E-state index contributed by atoms with van der Waals surface area (Å²) in [5.74, 6) is 0.100. The number of rotatable bonds is 5. The van der Waals surface area contributed by atoms with Crippen LogP contribution in [0.1, 0.15) is 39.0 Å². The normalized spacial score (nSPS) is 29.9. The molecule has 2 fully saturated rings. The third-order valence-corrected chi connectivity index (χ3v) is 4.96. The van der Waals surface area contributed by atoms with Gasteiger partial charge in [0.15, 0.2) is 0 Å². The molecule has 4 nitrogen and oxygen atoms in total. The summed E-state index contributed by atoms with van der Waals surface area (Å²) in [7, 11) is -3.33. The van der Waals surface area contributed by atoms with Crippen LogP contribution >= 0.6 is 0 Å².